The van der Waals surface area contributed by atoms with Crippen LogP contribution in [0.1, 0.15) is 63.3 Å². The van der Waals surface area contributed by atoms with Crippen molar-refractivity contribution in [1.29, 1.82) is 0 Å². The van der Waals surface area contributed by atoms with Crippen LogP contribution in [0, 0.1) is 5.92 Å². The monoisotopic (exact) mass is 455 g/mol. The van der Waals surface area contributed by atoms with Crippen LogP contribution in [0.25, 0.3) is 0 Å². The number of hydrogen-bond donors (Lipinski definition) is 2. The molecule has 1 heterocycles. The third kappa shape index (κ3) is 4.80. The standard InChI is InChI=1S/C25H30ClN3O3/c1-15(2)17-6-8-18(9-7-17)22(16(3)4)27-21(30)14-29-23(31)25(5,28-24(29)32)19-10-12-20(26)13-11-19/h6-13,15-16,22H,14H2,1-5H3,(H,27,30)(H,28,32). The molecule has 4 amide bonds. The number of halogens is 1. The van der Waals surface area contributed by atoms with Crippen LogP contribution >= 0.6 is 11.6 Å². The molecule has 0 aromatic heterocycles. The fourth-order valence-electron chi connectivity index (χ4n) is 3.91. The fourth-order valence-corrected chi connectivity index (χ4v) is 4.03. The molecule has 2 aromatic carbocycles. The lowest BCUT2D eigenvalue weighted by Gasteiger charge is -2.25. The summed E-state index contributed by atoms with van der Waals surface area (Å²) < 4.78 is 0. The summed E-state index contributed by atoms with van der Waals surface area (Å²) in [5, 5.41) is 6.24. The molecule has 2 aromatic rings. The van der Waals surface area contributed by atoms with Crippen molar-refractivity contribution in [2.24, 2.45) is 5.92 Å². The highest BCUT2D eigenvalue weighted by molar-refractivity contribution is 6.30. The lowest BCUT2D eigenvalue weighted by atomic mass is 9.92. The number of amides is 4. The highest BCUT2D eigenvalue weighted by atomic mass is 35.5. The maximum Gasteiger partial charge on any atom is 0.325 e. The van der Waals surface area contributed by atoms with Crippen molar-refractivity contribution < 1.29 is 14.4 Å². The van der Waals surface area contributed by atoms with Gasteiger partial charge in [0, 0.05) is 5.02 Å². The number of imide groups is 1. The van der Waals surface area contributed by atoms with Gasteiger partial charge in [-0.15, -0.1) is 0 Å². The van der Waals surface area contributed by atoms with E-state index in [0.717, 1.165) is 10.5 Å². The van der Waals surface area contributed by atoms with Crippen molar-refractivity contribution in [1.82, 2.24) is 15.5 Å². The smallest absolute Gasteiger partial charge is 0.325 e. The predicted molar refractivity (Wildman–Crippen MR) is 125 cm³/mol. The predicted octanol–water partition coefficient (Wildman–Crippen LogP) is 4.74. The van der Waals surface area contributed by atoms with E-state index in [1.807, 2.05) is 26.0 Å². The van der Waals surface area contributed by atoms with Crippen molar-refractivity contribution in [3.63, 3.8) is 0 Å². The Morgan fingerprint density at radius 1 is 1.00 bits per heavy atom. The number of benzene rings is 2. The van der Waals surface area contributed by atoms with E-state index >= 15 is 0 Å². The largest absolute Gasteiger partial charge is 0.347 e. The van der Waals surface area contributed by atoms with Crippen LogP contribution in [0.3, 0.4) is 0 Å². The first-order chi connectivity index (χ1) is 15.0. The minimum atomic E-state index is -1.24. The van der Waals surface area contributed by atoms with E-state index in [0.29, 0.717) is 16.5 Å². The molecular formula is C25H30ClN3O3. The molecule has 0 saturated carbocycles. The molecular weight excluding hydrogens is 426 g/mol. The Kier molecular flexibility index (Phi) is 6.94. The van der Waals surface area contributed by atoms with Gasteiger partial charge in [-0.1, -0.05) is 75.7 Å². The van der Waals surface area contributed by atoms with E-state index in [9.17, 15) is 14.4 Å². The summed E-state index contributed by atoms with van der Waals surface area (Å²) in [6.45, 7) is 9.58. The van der Waals surface area contributed by atoms with Crippen molar-refractivity contribution in [2.45, 2.75) is 52.1 Å². The highest BCUT2D eigenvalue weighted by Gasteiger charge is 2.49. The molecule has 3 rings (SSSR count). The average Bonchev–Trinajstić information content (AvgIpc) is 2.96. The summed E-state index contributed by atoms with van der Waals surface area (Å²) in [5.41, 5.74) is 1.57. The molecule has 6 nitrogen and oxygen atoms in total. The van der Waals surface area contributed by atoms with Gasteiger partial charge in [0.05, 0.1) is 6.04 Å². The number of urea groups is 1. The van der Waals surface area contributed by atoms with Gasteiger partial charge >= 0.3 is 6.03 Å². The van der Waals surface area contributed by atoms with E-state index in [1.165, 1.54) is 5.56 Å². The first-order valence-corrected chi connectivity index (χ1v) is 11.2. The number of carbonyl (C=O) groups excluding carboxylic acids is 3. The zero-order chi connectivity index (χ0) is 23.6. The van der Waals surface area contributed by atoms with Crippen LogP contribution in [0.5, 0.6) is 0 Å². The average molecular weight is 456 g/mol. The Morgan fingerprint density at radius 2 is 1.56 bits per heavy atom. The molecule has 0 aliphatic carbocycles. The summed E-state index contributed by atoms with van der Waals surface area (Å²) in [7, 11) is 0. The Hall–Kier alpha value is -2.86. The maximum absolute atomic E-state index is 13.1. The molecule has 2 atom stereocenters. The lowest BCUT2D eigenvalue weighted by molar-refractivity contribution is -0.135. The third-order valence-electron chi connectivity index (χ3n) is 5.94. The summed E-state index contributed by atoms with van der Waals surface area (Å²) >= 11 is 5.94. The minimum Gasteiger partial charge on any atom is -0.347 e. The maximum atomic E-state index is 13.1. The molecule has 0 radical (unpaired) electrons. The topological polar surface area (TPSA) is 78.5 Å². The fraction of sp³-hybridized carbons (Fsp3) is 0.400. The Bertz CT molecular complexity index is 1000. The van der Waals surface area contributed by atoms with Gasteiger partial charge in [-0.05, 0) is 47.6 Å². The summed E-state index contributed by atoms with van der Waals surface area (Å²) in [6, 6.07) is 14.1. The Morgan fingerprint density at radius 3 is 2.09 bits per heavy atom. The molecule has 0 bridgehead atoms. The van der Waals surface area contributed by atoms with Gasteiger partial charge in [0.25, 0.3) is 5.91 Å². The summed E-state index contributed by atoms with van der Waals surface area (Å²) in [6.07, 6.45) is 0. The number of nitrogens with one attached hydrogen (secondary N) is 2. The molecule has 32 heavy (non-hydrogen) atoms. The quantitative estimate of drug-likeness (QED) is 0.591. The van der Waals surface area contributed by atoms with Gasteiger partial charge < -0.3 is 10.6 Å². The third-order valence-corrected chi connectivity index (χ3v) is 6.20. The van der Waals surface area contributed by atoms with Crippen LogP contribution in [-0.2, 0) is 15.1 Å². The lowest BCUT2D eigenvalue weighted by Crippen LogP contribution is -2.44. The summed E-state index contributed by atoms with van der Waals surface area (Å²) in [5.74, 6) is -0.306. The molecule has 2 N–H and O–H groups in total. The second kappa shape index (κ2) is 9.33. The van der Waals surface area contributed by atoms with Crippen molar-refractivity contribution in [3.05, 3.63) is 70.2 Å². The summed E-state index contributed by atoms with van der Waals surface area (Å²) in [4.78, 5) is 39.4. The van der Waals surface area contributed by atoms with Gasteiger partial charge in [0.2, 0.25) is 5.91 Å². The van der Waals surface area contributed by atoms with Crippen molar-refractivity contribution in [3.8, 4) is 0 Å². The molecule has 2 unspecified atom stereocenters. The first-order valence-electron chi connectivity index (χ1n) is 10.8. The van der Waals surface area contributed by atoms with Crippen molar-refractivity contribution >= 4 is 29.4 Å². The van der Waals surface area contributed by atoms with E-state index < -0.39 is 17.5 Å². The Labute approximate surface area is 194 Å². The zero-order valence-electron chi connectivity index (χ0n) is 19.1. The van der Waals surface area contributed by atoms with E-state index in [4.69, 9.17) is 11.6 Å². The first kappa shape index (κ1) is 23.8. The van der Waals surface area contributed by atoms with Crippen LogP contribution in [0.15, 0.2) is 48.5 Å². The zero-order valence-corrected chi connectivity index (χ0v) is 19.9. The van der Waals surface area contributed by atoms with Gasteiger partial charge in [-0.2, -0.15) is 0 Å². The SMILES string of the molecule is CC(C)c1ccc(C(NC(=O)CN2C(=O)NC(C)(c3ccc(Cl)cc3)C2=O)C(C)C)cc1. The number of carbonyl (C=O) groups is 3. The molecule has 1 saturated heterocycles. The number of nitrogens with zero attached hydrogens (tertiary/aromatic N) is 1. The second-order valence-corrected chi connectivity index (χ2v) is 9.50. The van der Waals surface area contributed by atoms with Gasteiger partial charge in [-0.3, -0.25) is 14.5 Å². The Balaban J connectivity index is 1.73. The van der Waals surface area contributed by atoms with Crippen LogP contribution in [0.2, 0.25) is 5.02 Å². The van der Waals surface area contributed by atoms with E-state index in [-0.39, 0.29) is 24.4 Å². The van der Waals surface area contributed by atoms with Gasteiger partial charge in [-0.25, -0.2) is 4.79 Å². The van der Waals surface area contributed by atoms with Crippen molar-refractivity contribution in [2.75, 3.05) is 6.54 Å². The normalized spacial score (nSPS) is 19.4. The number of rotatable bonds is 7. The molecule has 170 valence electrons. The second-order valence-electron chi connectivity index (χ2n) is 9.06. The van der Waals surface area contributed by atoms with Gasteiger partial charge in [0.1, 0.15) is 12.1 Å². The number of hydrogen-bond acceptors (Lipinski definition) is 3. The molecule has 1 fully saturated rings. The highest BCUT2D eigenvalue weighted by Crippen LogP contribution is 2.30. The van der Waals surface area contributed by atoms with E-state index in [1.54, 1.807) is 31.2 Å². The molecule has 1 aliphatic heterocycles. The van der Waals surface area contributed by atoms with Crippen LogP contribution in [-0.4, -0.2) is 29.3 Å². The van der Waals surface area contributed by atoms with Crippen LogP contribution in [0.4, 0.5) is 4.79 Å². The van der Waals surface area contributed by atoms with E-state index in [2.05, 4.69) is 36.6 Å². The molecule has 7 heteroatoms. The molecule has 1 aliphatic rings. The minimum absolute atomic E-state index is 0.131. The van der Waals surface area contributed by atoms with Gasteiger partial charge in [0.15, 0.2) is 0 Å². The molecule has 0 spiro atoms. The van der Waals surface area contributed by atoms with Crippen LogP contribution < -0.4 is 10.6 Å².